The largest absolute Gasteiger partial charge is 0.497 e. The first-order valence-electron chi connectivity index (χ1n) is 6.74. The van der Waals surface area contributed by atoms with Crippen LogP contribution in [0.2, 0.25) is 0 Å². The first-order chi connectivity index (χ1) is 10.2. The van der Waals surface area contributed by atoms with Gasteiger partial charge in [-0.1, -0.05) is 6.07 Å². The lowest BCUT2D eigenvalue weighted by Gasteiger charge is -2.28. The molecule has 0 saturated carbocycles. The van der Waals surface area contributed by atoms with Gasteiger partial charge < -0.3 is 9.64 Å². The van der Waals surface area contributed by atoms with Gasteiger partial charge in [-0.3, -0.25) is 9.78 Å². The van der Waals surface area contributed by atoms with Crippen molar-refractivity contribution >= 4 is 5.91 Å². The molecule has 0 spiro atoms. The zero-order valence-corrected chi connectivity index (χ0v) is 11.7. The minimum atomic E-state index is -0.559. The summed E-state index contributed by atoms with van der Waals surface area (Å²) in [5, 5.41) is 0. The van der Waals surface area contributed by atoms with Gasteiger partial charge in [0.15, 0.2) is 0 Å². The van der Waals surface area contributed by atoms with Crippen molar-refractivity contribution in [1.82, 2.24) is 9.88 Å². The molecule has 0 fully saturated rings. The Kier molecular flexibility index (Phi) is 3.56. The highest BCUT2D eigenvalue weighted by Gasteiger charge is 2.24. The molecule has 0 atom stereocenters. The van der Waals surface area contributed by atoms with Crippen molar-refractivity contribution in [3.05, 3.63) is 59.2 Å². The van der Waals surface area contributed by atoms with Crippen LogP contribution in [0.1, 0.15) is 21.6 Å². The molecule has 1 aliphatic rings. The summed E-state index contributed by atoms with van der Waals surface area (Å²) in [5.74, 6) is -0.460. The summed E-state index contributed by atoms with van der Waals surface area (Å²) < 4.78 is 18.9. The fourth-order valence-corrected chi connectivity index (χ4v) is 2.51. The van der Waals surface area contributed by atoms with Gasteiger partial charge in [-0.05, 0) is 23.8 Å². The average molecular weight is 286 g/mol. The van der Waals surface area contributed by atoms with Crippen molar-refractivity contribution in [2.45, 2.75) is 13.0 Å². The Morgan fingerprint density at radius 3 is 3.00 bits per heavy atom. The predicted octanol–water partition coefficient (Wildman–Crippen LogP) is 2.43. The summed E-state index contributed by atoms with van der Waals surface area (Å²) in [6.45, 7) is 1.02. The van der Waals surface area contributed by atoms with E-state index in [0.29, 0.717) is 25.3 Å². The van der Waals surface area contributed by atoms with Crippen molar-refractivity contribution in [2.75, 3.05) is 13.7 Å². The molecule has 2 heterocycles. The standard InChI is InChI=1S/C16H15FN2O2/c1-21-12-4-5-13(14(17)9-12)16(20)19-8-6-15-11(10-19)3-2-7-18-15/h2-5,7,9H,6,8,10H2,1H3. The minimum absolute atomic E-state index is 0.0724. The molecule has 108 valence electrons. The molecule has 3 rings (SSSR count). The maximum atomic E-state index is 14.0. The normalized spacial score (nSPS) is 13.7. The van der Waals surface area contributed by atoms with Crippen molar-refractivity contribution in [2.24, 2.45) is 0 Å². The summed E-state index contributed by atoms with van der Waals surface area (Å²) in [5.41, 5.74) is 2.10. The van der Waals surface area contributed by atoms with Crippen LogP contribution in [0, 0.1) is 5.82 Å². The van der Waals surface area contributed by atoms with Crippen LogP contribution in [0.25, 0.3) is 0 Å². The van der Waals surface area contributed by atoms with E-state index in [4.69, 9.17) is 4.74 Å². The highest BCUT2D eigenvalue weighted by Crippen LogP contribution is 2.22. The molecule has 1 aromatic heterocycles. The second-order valence-electron chi connectivity index (χ2n) is 4.93. The van der Waals surface area contributed by atoms with Crippen LogP contribution in [-0.4, -0.2) is 29.4 Å². The molecule has 0 bridgehead atoms. The monoisotopic (exact) mass is 286 g/mol. The van der Waals surface area contributed by atoms with Gasteiger partial charge >= 0.3 is 0 Å². The van der Waals surface area contributed by atoms with Crippen LogP contribution in [0.3, 0.4) is 0 Å². The van der Waals surface area contributed by atoms with Crippen molar-refractivity contribution in [1.29, 1.82) is 0 Å². The van der Waals surface area contributed by atoms with E-state index >= 15 is 0 Å². The predicted molar refractivity (Wildman–Crippen MR) is 75.6 cm³/mol. The number of carbonyl (C=O) groups is 1. The van der Waals surface area contributed by atoms with Crippen LogP contribution >= 0.6 is 0 Å². The number of aromatic nitrogens is 1. The van der Waals surface area contributed by atoms with E-state index in [1.54, 1.807) is 17.2 Å². The fourth-order valence-electron chi connectivity index (χ4n) is 2.51. The maximum Gasteiger partial charge on any atom is 0.257 e. The topological polar surface area (TPSA) is 42.4 Å². The lowest BCUT2D eigenvalue weighted by atomic mass is 10.0. The second kappa shape index (κ2) is 5.52. The van der Waals surface area contributed by atoms with Crippen LogP contribution in [0.4, 0.5) is 4.39 Å². The number of hydrogen-bond donors (Lipinski definition) is 0. The minimum Gasteiger partial charge on any atom is -0.497 e. The lowest BCUT2D eigenvalue weighted by molar-refractivity contribution is 0.0728. The quantitative estimate of drug-likeness (QED) is 0.851. The summed E-state index contributed by atoms with van der Waals surface area (Å²) in [7, 11) is 1.46. The third-order valence-electron chi connectivity index (χ3n) is 3.66. The number of fused-ring (bicyclic) bond motifs is 1. The molecule has 0 radical (unpaired) electrons. The molecule has 0 aliphatic carbocycles. The molecule has 4 nitrogen and oxygen atoms in total. The molecule has 21 heavy (non-hydrogen) atoms. The van der Waals surface area contributed by atoms with Gasteiger partial charge in [-0.15, -0.1) is 0 Å². The van der Waals surface area contributed by atoms with Gasteiger partial charge in [0.2, 0.25) is 0 Å². The number of rotatable bonds is 2. The Morgan fingerprint density at radius 2 is 2.24 bits per heavy atom. The zero-order valence-electron chi connectivity index (χ0n) is 11.7. The molecule has 0 saturated heterocycles. The third kappa shape index (κ3) is 2.59. The fraction of sp³-hybridized carbons (Fsp3) is 0.250. The number of methoxy groups -OCH3 is 1. The summed E-state index contributed by atoms with van der Waals surface area (Å²) >= 11 is 0. The van der Waals surface area contributed by atoms with E-state index in [9.17, 15) is 9.18 Å². The maximum absolute atomic E-state index is 14.0. The summed E-state index contributed by atoms with van der Waals surface area (Å²) in [6, 6.07) is 8.09. The van der Waals surface area contributed by atoms with Gasteiger partial charge in [0, 0.05) is 37.5 Å². The van der Waals surface area contributed by atoms with Crippen LogP contribution in [0.15, 0.2) is 36.5 Å². The Bertz CT molecular complexity index is 688. The number of hydrogen-bond acceptors (Lipinski definition) is 3. The Labute approximate surface area is 122 Å². The Hall–Kier alpha value is -2.43. The van der Waals surface area contributed by atoms with E-state index in [-0.39, 0.29) is 11.5 Å². The average Bonchev–Trinajstić information content (AvgIpc) is 2.53. The summed E-state index contributed by atoms with van der Waals surface area (Å²) in [6.07, 6.45) is 2.44. The lowest BCUT2D eigenvalue weighted by Crippen LogP contribution is -2.36. The molecule has 0 N–H and O–H groups in total. The van der Waals surface area contributed by atoms with Gasteiger partial charge in [0.05, 0.1) is 12.7 Å². The highest BCUT2D eigenvalue weighted by molar-refractivity contribution is 5.94. The van der Waals surface area contributed by atoms with Crippen LogP contribution in [0.5, 0.6) is 5.75 Å². The van der Waals surface area contributed by atoms with E-state index in [1.165, 1.54) is 19.2 Å². The number of ether oxygens (including phenoxy) is 1. The van der Waals surface area contributed by atoms with Gasteiger partial charge in [-0.25, -0.2) is 4.39 Å². The highest BCUT2D eigenvalue weighted by atomic mass is 19.1. The van der Waals surface area contributed by atoms with E-state index < -0.39 is 5.82 Å². The second-order valence-corrected chi connectivity index (χ2v) is 4.93. The molecule has 1 amide bonds. The van der Waals surface area contributed by atoms with Crippen molar-refractivity contribution in [3.8, 4) is 5.75 Å². The number of halogens is 1. The zero-order chi connectivity index (χ0) is 14.8. The van der Waals surface area contributed by atoms with Gasteiger partial charge in [0.1, 0.15) is 11.6 Å². The molecule has 2 aromatic rings. The molecule has 1 aromatic carbocycles. The van der Waals surface area contributed by atoms with Gasteiger partial charge in [-0.2, -0.15) is 0 Å². The molecular weight excluding hydrogens is 271 g/mol. The molecule has 1 aliphatic heterocycles. The van der Waals surface area contributed by atoms with Crippen molar-refractivity contribution in [3.63, 3.8) is 0 Å². The number of carbonyl (C=O) groups excluding carboxylic acids is 1. The third-order valence-corrected chi connectivity index (χ3v) is 3.66. The SMILES string of the molecule is COc1ccc(C(=O)N2CCc3ncccc3C2)c(F)c1. The smallest absolute Gasteiger partial charge is 0.257 e. The molecule has 5 heteroatoms. The van der Waals surface area contributed by atoms with Gasteiger partial charge in [0.25, 0.3) is 5.91 Å². The number of pyridine rings is 1. The number of nitrogens with zero attached hydrogens (tertiary/aromatic N) is 2. The first kappa shape index (κ1) is 13.5. The van der Waals surface area contributed by atoms with E-state index in [0.717, 1.165) is 11.3 Å². The van der Waals surface area contributed by atoms with Crippen LogP contribution in [-0.2, 0) is 13.0 Å². The Morgan fingerprint density at radius 1 is 1.38 bits per heavy atom. The number of benzene rings is 1. The molecule has 0 unspecified atom stereocenters. The molecular formula is C16H15FN2O2. The number of amides is 1. The van der Waals surface area contributed by atoms with E-state index in [2.05, 4.69) is 4.98 Å². The first-order valence-corrected chi connectivity index (χ1v) is 6.74. The Balaban J connectivity index is 1.84. The van der Waals surface area contributed by atoms with E-state index in [1.807, 2.05) is 12.1 Å². The summed E-state index contributed by atoms with van der Waals surface area (Å²) in [4.78, 5) is 18.4. The van der Waals surface area contributed by atoms with Crippen LogP contribution < -0.4 is 4.74 Å². The van der Waals surface area contributed by atoms with Crippen molar-refractivity contribution < 1.29 is 13.9 Å².